The number of nitrogens with zero attached hydrogens (tertiary/aromatic N) is 1. The minimum absolute atomic E-state index is 0.0196. The second-order valence-corrected chi connectivity index (χ2v) is 9.50. The fraction of sp³-hybridized carbons (Fsp3) is 0.588. The van der Waals surface area contributed by atoms with Crippen LogP contribution >= 0.6 is 0 Å². The summed E-state index contributed by atoms with van der Waals surface area (Å²) >= 11 is 0. The summed E-state index contributed by atoms with van der Waals surface area (Å²) in [6, 6.07) is 4.40. The molecule has 3 aliphatic heterocycles. The molecule has 0 aromatic heterocycles. The van der Waals surface area contributed by atoms with Gasteiger partial charge in [-0.05, 0) is 30.9 Å². The van der Waals surface area contributed by atoms with Crippen molar-refractivity contribution in [3.05, 3.63) is 29.6 Å². The van der Waals surface area contributed by atoms with E-state index in [0.717, 1.165) is 12.0 Å². The first-order valence-corrected chi connectivity index (χ1v) is 10.1. The molecule has 1 spiro atoms. The number of rotatable bonds is 1. The maximum absolute atomic E-state index is 13.2. The summed E-state index contributed by atoms with van der Waals surface area (Å²) in [7, 11) is -2.95. The standard InChI is InChI=1S/C17H20FNO4S/c18-14-2-1-12-7-13(9-23-15(12)8-14)16(20)19-5-3-17(10-19)4-6-24(21,22)11-17/h1-2,8,13H,3-7,9-11H2. The first-order chi connectivity index (χ1) is 11.4. The number of hydrogen-bond donors (Lipinski definition) is 0. The average Bonchev–Trinajstić information content (AvgIpc) is 3.09. The molecule has 2 atom stereocenters. The van der Waals surface area contributed by atoms with Gasteiger partial charge in [-0.2, -0.15) is 0 Å². The van der Waals surface area contributed by atoms with Crippen LogP contribution in [0.1, 0.15) is 18.4 Å². The van der Waals surface area contributed by atoms with E-state index in [1.165, 1.54) is 12.1 Å². The Morgan fingerprint density at radius 1 is 1.33 bits per heavy atom. The predicted octanol–water partition coefficient (Wildman–Crippen LogP) is 1.41. The maximum atomic E-state index is 13.2. The first-order valence-electron chi connectivity index (χ1n) is 8.26. The Labute approximate surface area is 140 Å². The third-order valence-electron chi connectivity index (χ3n) is 5.50. The van der Waals surface area contributed by atoms with Crippen LogP contribution in [0.3, 0.4) is 0 Å². The molecule has 3 heterocycles. The Hall–Kier alpha value is -1.63. The number of sulfone groups is 1. The Morgan fingerprint density at radius 2 is 2.17 bits per heavy atom. The van der Waals surface area contributed by atoms with Crippen LogP contribution < -0.4 is 4.74 Å². The SMILES string of the molecule is O=C(C1COc2cc(F)ccc2C1)N1CCC2(CCS(=O)(=O)C2)C1. The number of carbonyl (C=O) groups excluding carboxylic acids is 1. The third kappa shape index (κ3) is 2.79. The smallest absolute Gasteiger partial charge is 0.229 e. The molecular formula is C17H20FNO4S. The van der Waals surface area contributed by atoms with Crippen LogP contribution in [0, 0.1) is 17.2 Å². The summed E-state index contributed by atoms with van der Waals surface area (Å²) in [5, 5.41) is 0. The van der Waals surface area contributed by atoms with Crippen LogP contribution in [0.15, 0.2) is 18.2 Å². The number of amides is 1. The van der Waals surface area contributed by atoms with E-state index in [0.29, 0.717) is 31.7 Å². The van der Waals surface area contributed by atoms with E-state index in [2.05, 4.69) is 0 Å². The summed E-state index contributed by atoms with van der Waals surface area (Å²) in [6.45, 7) is 1.38. The molecule has 2 fully saturated rings. The molecule has 5 nitrogen and oxygen atoms in total. The second kappa shape index (κ2) is 5.44. The zero-order chi connectivity index (χ0) is 16.9. The Kier molecular flexibility index (Phi) is 3.60. The maximum Gasteiger partial charge on any atom is 0.229 e. The number of halogens is 1. The molecule has 3 aliphatic rings. The molecule has 0 radical (unpaired) electrons. The monoisotopic (exact) mass is 353 g/mol. The van der Waals surface area contributed by atoms with Crippen molar-refractivity contribution in [1.29, 1.82) is 0 Å². The van der Waals surface area contributed by atoms with E-state index in [-0.39, 0.29) is 41.2 Å². The molecule has 24 heavy (non-hydrogen) atoms. The molecule has 0 aliphatic carbocycles. The fourth-order valence-corrected chi connectivity index (χ4v) is 6.39. The van der Waals surface area contributed by atoms with Crippen molar-refractivity contribution in [2.75, 3.05) is 31.2 Å². The lowest BCUT2D eigenvalue weighted by molar-refractivity contribution is -0.136. The minimum Gasteiger partial charge on any atom is -0.492 e. The first kappa shape index (κ1) is 15.9. The van der Waals surface area contributed by atoms with E-state index < -0.39 is 9.84 Å². The average molecular weight is 353 g/mol. The zero-order valence-electron chi connectivity index (χ0n) is 13.3. The van der Waals surface area contributed by atoms with Crippen molar-refractivity contribution >= 4 is 15.7 Å². The van der Waals surface area contributed by atoms with Gasteiger partial charge < -0.3 is 9.64 Å². The predicted molar refractivity (Wildman–Crippen MR) is 86.0 cm³/mol. The second-order valence-electron chi connectivity index (χ2n) is 7.32. The van der Waals surface area contributed by atoms with Crippen LogP contribution in [-0.4, -0.2) is 50.4 Å². The van der Waals surface area contributed by atoms with Gasteiger partial charge in [0.1, 0.15) is 18.2 Å². The molecular weight excluding hydrogens is 333 g/mol. The highest BCUT2D eigenvalue weighted by Crippen LogP contribution is 2.41. The molecule has 0 bridgehead atoms. The highest BCUT2D eigenvalue weighted by molar-refractivity contribution is 7.91. The minimum atomic E-state index is -2.95. The van der Waals surface area contributed by atoms with Crippen molar-refractivity contribution in [3.63, 3.8) is 0 Å². The van der Waals surface area contributed by atoms with E-state index in [9.17, 15) is 17.6 Å². The molecule has 7 heteroatoms. The van der Waals surface area contributed by atoms with Gasteiger partial charge in [0.05, 0.1) is 17.4 Å². The van der Waals surface area contributed by atoms with Crippen LogP contribution in [0.2, 0.25) is 0 Å². The number of ether oxygens (including phenoxy) is 1. The van der Waals surface area contributed by atoms with Gasteiger partial charge in [-0.15, -0.1) is 0 Å². The number of likely N-dealkylation sites (tertiary alicyclic amines) is 1. The van der Waals surface area contributed by atoms with Crippen LogP contribution in [-0.2, 0) is 21.1 Å². The Balaban J connectivity index is 1.45. The van der Waals surface area contributed by atoms with Crippen molar-refractivity contribution in [1.82, 2.24) is 4.90 Å². The van der Waals surface area contributed by atoms with Gasteiger partial charge in [-0.1, -0.05) is 6.07 Å². The summed E-state index contributed by atoms with van der Waals surface area (Å²) < 4.78 is 42.3. The number of benzene rings is 1. The van der Waals surface area contributed by atoms with Gasteiger partial charge in [0.25, 0.3) is 0 Å². The molecule has 0 saturated carbocycles. The van der Waals surface area contributed by atoms with Crippen molar-refractivity contribution in [2.24, 2.45) is 11.3 Å². The zero-order valence-corrected chi connectivity index (χ0v) is 14.1. The van der Waals surface area contributed by atoms with Crippen molar-refractivity contribution < 1.29 is 22.3 Å². The Morgan fingerprint density at radius 3 is 2.92 bits per heavy atom. The van der Waals surface area contributed by atoms with Gasteiger partial charge in [-0.25, -0.2) is 12.8 Å². The van der Waals surface area contributed by atoms with Gasteiger partial charge in [0.15, 0.2) is 9.84 Å². The topological polar surface area (TPSA) is 63.7 Å². The summed E-state index contributed by atoms with van der Waals surface area (Å²) in [6.07, 6.45) is 1.95. The molecule has 0 N–H and O–H groups in total. The quantitative estimate of drug-likeness (QED) is 0.766. The lowest BCUT2D eigenvalue weighted by Gasteiger charge is -2.29. The summed E-state index contributed by atoms with van der Waals surface area (Å²) in [5.41, 5.74) is 0.601. The van der Waals surface area contributed by atoms with Gasteiger partial charge in [-0.3, -0.25) is 4.79 Å². The molecule has 1 aromatic rings. The van der Waals surface area contributed by atoms with E-state index in [1.807, 2.05) is 0 Å². The van der Waals surface area contributed by atoms with E-state index in [1.54, 1.807) is 11.0 Å². The molecule has 2 unspecified atom stereocenters. The fourth-order valence-electron chi connectivity index (χ4n) is 4.19. The normalized spacial score (nSPS) is 31.0. The molecule has 2 saturated heterocycles. The molecule has 1 aromatic carbocycles. The lowest BCUT2D eigenvalue weighted by Crippen LogP contribution is -2.41. The van der Waals surface area contributed by atoms with Crippen LogP contribution in [0.4, 0.5) is 4.39 Å². The number of carbonyl (C=O) groups is 1. The number of fused-ring (bicyclic) bond motifs is 1. The van der Waals surface area contributed by atoms with Gasteiger partial charge in [0, 0.05) is 24.6 Å². The molecule has 130 valence electrons. The summed E-state index contributed by atoms with van der Waals surface area (Å²) in [4.78, 5) is 14.6. The Bertz CT molecular complexity index is 794. The van der Waals surface area contributed by atoms with Crippen LogP contribution in [0.5, 0.6) is 5.75 Å². The molecule has 4 rings (SSSR count). The van der Waals surface area contributed by atoms with Gasteiger partial charge in [0.2, 0.25) is 5.91 Å². The lowest BCUT2D eigenvalue weighted by atomic mass is 9.87. The van der Waals surface area contributed by atoms with Crippen LogP contribution in [0.25, 0.3) is 0 Å². The number of hydrogen-bond acceptors (Lipinski definition) is 4. The molecule has 1 amide bonds. The highest BCUT2D eigenvalue weighted by Gasteiger charge is 2.48. The van der Waals surface area contributed by atoms with E-state index in [4.69, 9.17) is 4.74 Å². The van der Waals surface area contributed by atoms with E-state index >= 15 is 0 Å². The largest absolute Gasteiger partial charge is 0.492 e. The van der Waals surface area contributed by atoms with Crippen molar-refractivity contribution in [2.45, 2.75) is 19.3 Å². The van der Waals surface area contributed by atoms with Crippen molar-refractivity contribution in [3.8, 4) is 5.75 Å². The van der Waals surface area contributed by atoms with Gasteiger partial charge >= 0.3 is 0 Å². The third-order valence-corrected chi connectivity index (χ3v) is 7.38. The highest BCUT2D eigenvalue weighted by atomic mass is 32.2. The summed E-state index contributed by atoms with van der Waals surface area (Å²) in [5.74, 6) is 0.344.